The molecule has 5 nitrogen and oxygen atoms in total. The number of Topliss-reactive ketones (excluding diaryl/α,β-unsaturated/α-hetero) is 3. The maximum absolute atomic E-state index is 12.0. The SMILES string of the molecule is CCC(=O)[C@@H](CC(=O)CCC[C@H](N)C(=O)CN)[C@@H](C)CC. The zero-order valence-electron chi connectivity index (χ0n) is 13.6. The topological polar surface area (TPSA) is 103 Å². The Morgan fingerprint density at radius 3 is 2.19 bits per heavy atom. The van der Waals surface area contributed by atoms with Gasteiger partial charge in [0.2, 0.25) is 0 Å². The van der Waals surface area contributed by atoms with Crippen LogP contribution in [0.3, 0.4) is 0 Å². The lowest BCUT2D eigenvalue weighted by Crippen LogP contribution is -2.35. The molecule has 0 bridgehead atoms. The Morgan fingerprint density at radius 1 is 1.10 bits per heavy atom. The van der Waals surface area contributed by atoms with Gasteiger partial charge < -0.3 is 11.5 Å². The zero-order valence-corrected chi connectivity index (χ0v) is 13.6. The Labute approximate surface area is 127 Å². The lowest BCUT2D eigenvalue weighted by Gasteiger charge is -2.20. The lowest BCUT2D eigenvalue weighted by atomic mass is 9.82. The quantitative estimate of drug-likeness (QED) is 0.569. The minimum atomic E-state index is -0.578. The molecule has 21 heavy (non-hydrogen) atoms. The van der Waals surface area contributed by atoms with E-state index in [1.165, 1.54) is 0 Å². The second kappa shape index (κ2) is 10.6. The first-order valence-corrected chi connectivity index (χ1v) is 7.90. The number of hydrogen-bond acceptors (Lipinski definition) is 5. The molecule has 0 heterocycles. The van der Waals surface area contributed by atoms with Crippen LogP contribution in [0.5, 0.6) is 0 Å². The summed E-state index contributed by atoms with van der Waals surface area (Å²) < 4.78 is 0. The van der Waals surface area contributed by atoms with Gasteiger partial charge in [0.25, 0.3) is 0 Å². The van der Waals surface area contributed by atoms with Crippen LogP contribution in [0.15, 0.2) is 0 Å². The standard InChI is InChI=1S/C16H30N2O3/c1-4-11(3)13(15(20)5-2)9-12(19)7-6-8-14(18)16(21)10-17/h11,13-14H,4-10,17-18H2,1-3H3/t11-,13-,14-/m0/s1. The predicted molar refractivity (Wildman–Crippen MR) is 83.8 cm³/mol. The van der Waals surface area contributed by atoms with Gasteiger partial charge in [-0.15, -0.1) is 0 Å². The van der Waals surface area contributed by atoms with Crippen molar-refractivity contribution in [3.63, 3.8) is 0 Å². The van der Waals surface area contributed by atoms with Crippen LogP contribution in [0.25, 0.3) is 0 Å². The molecule has 0 aromatic carbocycles. The van der Waals surface area contributed by atoms with Crippen molar-refractivity contribution in [1.29, 1.82) is 0 Å². The van der Waals surface area contributed by atoms with Crippen molar-refractivity contribution in [3.8, 4) is 0 Å². The van der Waals surface area contributed by atoms with E-state index in [-0.39, 0.29) is 35.7 Å². The molecule has 0 aliphatic heterocycles. The van der Waals surface area contributed by atoms with Crippen molar-refractivity contribution in [2.45, 2.75) is 65.3 Å². The van der Waals surface area contributed by atoms with Crippen molar-refractivity contribution in [2.75, 3.05) is 6.54 Å². The summed E-state index contributed by atoms with van der Waals surface area (Å²) in [7, 11) is 0. The van der Waals surface area contributed by atoms with Crippen molar-refractivity contribution in [2.24, 2.45) is 23.3 Å². The molecule has 3 atom stereocenters. The fourth-order valence-electron chi connectivity index (χ4n) is 2.36. The zero-order chi connectivity index (χ0) is 16.4. The van der Waals surface area contributed by atoms with Crippen LogP contribution in [0, 0.1) is 11.8 Å². The highest BCUT2D eigenvalue weighted by atomic mass is 16.1. The van der Waals surface area contributed by atoms with E-state index in [1.54, 1.807) is 0 Å². The summed E-state index contributed by atoms with van der Waals surface area (Å²) in [6.07, 6.45) is 3.08. The highest BCUT2D eigenvalue weighted by molar-refractivity contribution is 5.88. The van der Waals surface area contributed by atoms with E-state index >= 15 is 0 Å². The van der Waals surface area contributed by atoms with Crippen LogP contribution >= 0.6 is 0 Å². The lowest BCUT2D eigenvalue weighted by molar-refractivity contribution is -0.129. The van der Waals surface area contributed by atoms with E-state index in [2.05, 4.69) is 0 Å². The Bertz CT molecular complexity index is 355. The van der Waals surface area contributed by atoms with Gasteiger partial charge in [0.15, 0.2) is 5.78 Å². The molecule has 0 saturated carbocycles. The molecule has 0 unspecified atom stereocenters. The Morgan fingerprint density at radius 2 is 1.71 bits per heavy atom. The smallest absolute Gasteiger partial charge is 0.162 e. The number of rotatable bonds is 12. The average Bonchev–Trinajstić information content (AvgIpc) is 2.49. The fraction of sp³-hybridized carbons (Fsp3) is 0.812. The minimum absolute atomic E-state index is 0.0593. The van der Waals surface area contributed by atoms with E-state index in [0.29, 0.717) is 32.1 Å². The number of nitrogens with two attached hydrogens (primary N) is 2. The number of carbonyl (C=O) groups excluding carboxylic acids is 3. The fourth-order valence-corrected chi connectivity index (χ4v) is 2.36. The van der Waals surface area contributed by atoms with E-state index in [4.69, 9.17) is 11.5 Å². The molecular weight excluding hydrogens is 268 g/mol. The van der Waals surface area contributed by atoms with Crippen LogP contribution in [-0.4, -0.2) is 29.9 Å². The van der Waals surface area contributed by atoms with Crippen molar-refractivity contribution < 1.29 is 14.4 Å². The average molecular weight is 298 g/mol. The summed E-state index contributed by atoms with van der Waals surface area (Å²) in [5.41, 5.74) is 10.9. The first-order chi connectivity index (χ1) is 9.87. The van der Waals surface area contributed by atoms with Crippen LogP contribution in [-0.2, 0) is 14.4 Å². The van der Waals surface area contributed by atoms with Crippen LogP contribution in [0.2, 0.25) is 0 Å². The maximum Gasteiger partial charge on any atom is 0.162 e. The highest BCUT2D eigenvalue weighted by Gasteiger charge is 2.25. The van der Waals surface area contributed by atoms with Gasteiger partial charge in [-0.1, -0.05) is 27.2 Å². The van der Waals surface area contributed by atoms with Gasteiger partial charge in [0.05, 0.1) is 12.6 Å². The molecule has 0 aliphatic carbocycles. The molecule has 4 N–H and O–H groups in total. The Balaban J connectivity index is 4.27. The predicted octanol–water partition coefficient (Wildman–Crippen LogP) is 1.61. The van der Waals surface area contributed by atoms with Gasteiger partial charge >= 0.3 is 0 Å². The third kappa shape index (κ3) is 7.48. The van der Waals surface area contributed by atoms with E-state index in [9.17, 15) is 14.4 Å². The molecule has 0 aromatic heterocycles. The van der Waals surface area contributed by atoms with Crippen molar-refractivity contribution in [1.82, 2.24) is 0 Å². The summed E-state index contributed by atoms with van der Waals surface area (Å²) in [5.74, 6) is 0.109. The Hall–Kier alpha value is -1.07. The third-order valence-electron chi connectivity index (χ3n) is 4.13. The molecule has 5 heteroatoms. The van der Waals surface area contributed by atoms with Crippen LogP contribution in [0.4, 0.5) is 0 Å². The van der Waals surface area contributed by atoms with Crippen LogP contribution < -0.4 is 11.5 Å². The van der Waals surface area contributed by atoms with Gasteiger partial charge in [-0.25, -0.2) is 0 Å². The molecule has 0 aromatic rings. The molecular formula is C16H30N2O3. The first kappa shape index (κ1) is 19.9. The number of ketones is 3. The van der Waals surface area contributed by atoms with Gasteiger partial charge in [-0.2, -0.15) is 0 Å². The molecule has 0 spiro atoms. The van der Waals surface area contributed by atoms with E-state index in [0.717, 1.165) is 6.42 Å². The second-order valence-electron chi connectivity index (χ2n) is 5.72. The largest absolute Gasteiger partial charge is 0.324 e. The van der Waals surface area contributed by atoms with Crippen LogP contribution in [0.1, 0.15) is 59.3 Å². The molecule has 0 fully saturated rings. The molecule has 0 saturated heterocycles. The van der Waals surface area contributed by atoms with Crippen molar-refractivity contribution >= 4 is 17.3 Å². The summed E-state index contributed by atoms with van der Waals surface area (Å²) in [6.45, 7) is 5.82. The molecule has 0 radical (unpaired) electrons. The molecule has 122 valence electrons. The number of carbonyl (C=O) groups is 3. The second-order valence-corrected chi connectivity index (χ2v) is 5.72. The number of hydrogen-bond donors (Lipinski definition) is 2. The monoisotopic (exact) mass is 298 g/mol. The third-order valence-corrected chi connectivity index (χ3v) is 4.13. The summed E-state index contributed by atoms with van der Waals surface area (Å²) in [4.78, 5) is 35.2. The van der Waals surface area contributed by atoms with E-state index in [1.807, 2.05) is 20.8 Å². The minimum Gasteiger partial charge on any atom is -0.324 e. The van der Waals surface area contributed by atoms with Gasteiger partial charge in [-0.05, 0) is 18.8 Å². The molecule has 0 rings (SSSR count). The normalized spacial score (nSPS) is 15.3. The summed E-state index contributed by atoms with van der Waals surface area (Å²) >= 11 is 0. The van der Waals surface area contributed by atoms with Gasteiger partial charge in [-0.3, -0.25) is 14.4 Å². The first-order valence-electron chi connectivity index (χ1n) is 7.90. The summed E-state index contributed by atoms with van der Waals surface area (Å²) in [6, 6.07) is -0.578. The maximum atomic E-state index is 12.0. The van der Waals surface area contributed by atoms with Crippen molar-refractivity contribution in [3.05, 3.63) is 0 Å². The summed E-state index contributed by atoms with van der Waals surface area (Å²) in [5, 5.41) is 0. The highest BCUT2D eigenvalue weighted by Crippen LogP contribution is 2.22. The van der Waals surface area contributed by atoms with Gasteiger partial charge in [0.1, 0.15) is 11.6 Å². The Kier molecular flexibility index (Phi) is 10.1. The van der Waals surface area contributed by atoms with E-state index < -0.39 is 6.04 Å². The molecule has 0 amide bonds. The molecule has 0 aliphatic rings. The van der Waals surface area contributed by atoms with Gasteiger partial charge in [0, 0.05) is 25.2 Å².